The second kappa shape index (κ2) is 10.8. The number of esters is 1. The molecule has 5 aromatic rings. The molecule has 3 heterocycles. The molecule has 0 saturated heterocycles. The van der Waals surface area contributed by atoms with Gasteiger partial charge in [-0.15, -0.1) is 5.10 Å². The van der Waals surface area contributed by atoms with Crippen molar-refractivity contribution in [3.05, 3.63) is 127 Å². The molecular formula is C31H26N6O3S. The van der Waals surface area contributed by atoms with Gasteiger partial charge in [-0.25, -0.2) is 14.5 Å². The van der Waals surface area contributed by atoms with Gasteiger partial charge in [-0.2, -0.15) is 0 Å². The highest BCUT2D eigenvalue weighted by molar-refractivity contribution is 7.07. The minimum absolute atomic E-state index is 0.222. The Kier molecular flexibility index (Phi) is 6.90. The van der Waals surface area contributed by atoms with Crippen molar-refractivity contribution in [3.8, 4) is 16.9 Å². The Morgan fingerprint density at radius 3 is 2.63 bits per heavy atom. The summed E-state index contributed by atoms with van der Waals surface area (Å²) in [5, 5.41) is 8.67. The quantitative estimate of drug-likeness (QED) is 0.250. The van der Waals surface area contributed by atoms with Gasteiger partial charge < -0.3 is 10.5 Å². The number of benzene rings is 3. The molecule has 6 rings (SSSR count). The maximum atomic E-state index is 14.0. The van der Waals surface area contributed by atoms with Gasteiger partial charge in [0.05, 0.1) is 40.3 Å². The number of aromatic nitrogens is 4. The van der Waals surface area contributed by atoms with Gasteiger partial charge >= 0.3 is 5.97 Å². The van der Waals surface area contributed by atoms with Crippen molar-refractivity contribution in [1.82, 2.24) is 19.6 Å². The average Bonchev–Trinajstić information content (AvgIpc) is 3.58. The predicted molar refractivity (Wildman–Crippen MR) is 158 cm³/mol. The number of fused-ring (bicyclic) bond motifs is 1. The van der Waals surface area contributed by atoms with Gasteiger partial charge in [0.25, 0.3) is 5.56 Å². The molecule has 1 atom stereocenters. The fraction of sp³-hybridized carbons (Fsp3) is 0.129. The average molecular weight is 563 g/mol. The van der Waals surface area contributed by atoms with Crippen molar-refractivity contribution in [2.45, 2.75) is 19.9 Å². The number of allylic oxidation sites excluding steroid dienone is 1. The number of nitrogens with zero attached hydrogens (tertiary/aromatic N) is 5. The number of nitrogen functional groups attached to an aromatic ring is 1. The first-order chi connectivity index (χ1) is 19.9. The molecule has 204 valence electrons. The Balaban J connectivity index is 1.48. The van der Waals surface area contributed by atoms with E-state index in [2.05, 4.69) is 15.3 Å². The van der Waals surface area contributed by atoms with Gasteiger partial charge in [0.15, 0.2) is 4.80 Å². The molecule has 0 fully saturated rings. The van der Waals surface area contributed by atoms with E-state index in [1.54, 1.807) is 23.1 Å². The number of ether oxygens (including phenoxy) is 1. The summed E-state index contributed by atoms with van der Waals surface area (Å²) in [5.74, 6) is -0.482. The SMILES string of the molecule is CCOC(=O)C1=C(C)N=c2s/c(=C\c3ccccc3-n3cc(-c4cccc(N)c4)nn3)c(=O)n2C1c1ccccc1. The first-order valence-electron chi connectivity index (χ1n) is 13.1. The van der Waals surface area contributed by atoms with E-state index in [0.29, 0.717) is 32.0 Å². The lowest BCUT2D eigenvalue weighted by Crippen LogP contribution is -2.39. The van der Waals surface area contributed by atoms with Crippen molar-refractivity contribution in [2.24, 2.45) is 4.99 Å². The van der Waals surface area contributed by atoms with E-state index < -0.39 is 12.0 Å². The second-order valence-corrected chi connectivity index (χ2v) is 10.5. The molecule has 9 nitrogen and oxygen atoms in total. The molecule has 1 unspecified atom stereocenters. The smallest absolute Gasteiger partial charge is 0.338 e. The van der Waals surface area contributed by atoms with E-state index in [4.69, 9.17) is 10.5 Å². The van der Waals surface area contributed by atoms with Crippen LogP contribution < -0.4 is 20.6 Å². The summed E-state index contributed by atoms with van der Waals surface area (Å²) in [5.41, 5.74) is 11.1. The van der Waals surface area contributed by atoms with Crippen LogP contribution in [0.3, 0.4) is 0 Å². The summed E-state index contributed by atoms with van der Waals surface area (Å²) in [7, 11) is 0. The predicted octanol–water partition coefficient (Wildman–Crippen LogP) is 3.63. The number of nitrogens with two attached hydrogens (primary N) is 1. The zero-order valence-electron chi connectivity index (χ0n) is 22.4. The van der Waals surface area contributed by atoms with Crippen LogP contribution in [0.1, 0.15) is 31.0 Å². The summed E-state index contributed by atoms with van der Waals surface area (Å²) >= 11 is 1.28. The lowest BCUT2D eigenvalue weighted by atomic mass is 9.96. The van der Waals surface area contributed by atoms with Gasteiger partial charge in [0, 0.05) is 16.8 Å². The van der Waals surface area contributed by atoms with Crippen LogP contribution in [0.4, 0.5) is 5.69 Å². The minimum Gasteiger partial charge on any atom is -0.463 e. The summed E-state index contributed by atoms with van der Waals surface area (Å²) in [6, 6.07) is 23.9. The highest BCUT2D eigenvalue weighted by Crippen LogP contribution is 2.30. The zero-order chi connectivity index (χ0) is 28.5. The lowest BCUT2D eigenvalue weighted by Gasteiger charge is -2.24. The van der Waals surface area contributed by atoms with Crippen LogP contribution in [-0.2, 0) is 9.53 Å². The molecule has 0 radical (unpaired) electrons. The van der Waals surface area contributed by atoms with Crippen LogP contribution in [0.25, 0.3) is 23.0 Å². The van der Waals surface area contributed by atoms with Gasteiger partial charge in [-0.05, 0) is 43.7 Å². The molecule has 2 N–H and O–H groups in total. The molecule has 0 saturated carbocycles. The van der Waals surface area contributed by atoms with E-state index in [9.17, 15) is 9.59 Å². The number of anilines is 1. The van der Waals surface area contributed by atoms with Crippen LogP contribution in [0.15, 0.2) is 106 Å². The summed E-state index contributed by atoms with van der Waals surface area (Å²) < 4.78 is 9.11. The standard InChI is InChI=1S/C31H26N6O3S/c1-3-40-30(39)27-19(2)33-31-37(28(27)20-10-5-4-6-11-20)29(38)26(41-31)17-22-12-7-8-15-25(22)36-18-24(34-35-36)21-13-9-14-23(32)16-21/h4-18,28H,3,32H2,1-2H3/b26-17-. The first kappa shape index (κ1) is 26.1. The van der Waals surface area contributed by atoms with E-state index >= 15 is 0 Å². The Morgan fingerprint density at radius 2 is 1.85 bits per heavy atom. The zero-order valence-corrected chi connectivity index (χ0v) is 23.2. The molecule has 0 spiro atoms. The topological polar surface area (TPSA) is 117 Å². The van der Waals surface area contributed by atoms with Crippen molar-refractivity contribution in [1.29, 1.82) is 0 Å². The molecule has 1 aliphatic heterocycles. The Hall–Kier alpha value is -5.09. The number of carbonyl (C=O) groups is 1. The maximum Gasteiger partial charge on any atom is 0.338 e. The molecule has 1 aliphatic rings. The fourth-order valence-electron chi connectivity index (χ4n) is 4.91. The third-order valence-corrected chi connectivity index (χ3v) is 7.76. The normalized spacial score (nSPS) is 15.0. The van der Waals surface area contributed by atoms with Crippen molar-refractivity contribution < 1.29 is 9.53 Å². The maximum absolute atomic E-state index is 14.0. The van der Waals surface area contributed by atoms with Crippen LogP contribution >= 0.6 is 11.3 Å². The van der Waals surface area contributed by atoms with Crippen LogP contribution in [-0.4, -0.2) is 32.1 Å². The molecule has 0 amide bonds. The third-order valence-electron chi connectivity index (χ3n) is 6.78. The summed E-state index contributed by atoms with van der Waals surface area (Å²) in [6.07, 6.45) is 3.65. The highest BCUT2D eigenvalue weighted by Gasteiger charge is 2.33. The van der Waals surface area contributed by atoms with Crippen molar-refractivity contribution in [3.63, 3.8) is 0 Å². The van der Waals surface area contributed by atoms with Crippen molar-refractivity contribution >= 4 is 29.1 Å². The van der Waals surface area contributed by atoms with E-state index in [1.165, 1.54) is 11.3 Å². The summed E-state index contributed by atoms with van der Waals surface area (Å²) in [4.78, 5) is 32.2. The van der Waals surface area contributed by atoms with E-state index in [-0.39, 0.29) is 12.2 Å². The van der Waals surface area contributed by atoms with E-state index in [1.807, 2.05) is 91.1 Å². The van der Waals surface area contributed by atoms with Crippen molar-refractivity contribution in [2.75, 3.05) is 12.3 Å². The fourth-order valence-corrected chi connectivity index (χ4v) is 5.95. The van der Waals surface area contributed by atoms with Gasteiger partial charge in [-0.1, -0.05) is 77.2 Å². The lowest BCUT2D eigenvalue weighted by molar-refractivity contribution is -0.139. The largest absolute Gasteiger partial charge is 0.463 e. The Bertz CT molecular complexity index is 1990. The number of rotatable bonds is 6. The highest BCUT2D eigenvalue weighted by atomic mass is 32.1. The Morgan fingerprint density at radius 1 is 1.07 bits per heavy atom. The number of carbonyl (C=O) groups excluding carboxylic acids is 1. The minimum atomic E-state index is -0.653. The monoisotopic (exact) mass is 562 g/mol. The van der Waals surface area contributed by atoms with Crippen LogP contribution in [0, 0.1) is 0 Å². The van der Waals surface area contributed by atoms with Gasteiger partial charge in [0.2, 0.25) is 0 Å². The number of hydrogen-bond acceptors (Lipinski definition) is 8. The molecule has 3 aromatic carbocycles. The summed E-state index contributed by atoms with van der Waals surface area (Å²) in [6.45, 7) is 3.75. The number of thiazole rings is 1. The van der Waals surface area contributed by atoms with Crippen LogP contribution in [0.2, 0.25) is 0 Å². The molecular weight excluding hydrogens is 536 g/mol. The number of hydrogen-bond donors (Lipinski definition) is 1. The van der Waals surface area contributed by atoms with E-state index in [0.717, 1.165) is 22.4 Å². The molecule has 0 aliphatic carbocycles. The molecule has 41 heavy (non-hydrogen) atoms. The van der Waals surface area contributed by atoms with Crippen LogP contribution in [0.5, 0.6) is 0 Å². The molecule has 10 heteroatoms. The molecule has 2 aromatic heterocycles. The van der Waals surface area contributed by atoms with Gasteiger partial charge in [-0.3, -0.25) is 9.36 Å². The molecule has 0 bridgehead atoms. The third kappa shape index (κ3) is 4.89. The second-order valence-electron chi connectivity index (χ2n) is 9.45. The Labute approximate surface area is 239 Å². The van der Waals surface area contributed by atoms with Gasteiger partial charge in [0.1, 0.15) is 5.69 Å². The number of para-hydroxylation sites is 1. The first-order valence-corrected chi connectivity index (χ1v) is 13.9.